The molecule has 2 N–H and O–H groups in total. The highest BCUT2D eigenvalue weighted by molar-refractivity contribution is 6.31. The van der Waals surface area contributed by atoms with Gasteiger partial charge in [0.25, 0.3) is 5.91 Å². The van der Waals surface area contributed by atoms with Crippen LogP contribution in [0.5, 0.6) is 5.75 Å². The normalized spacial score (nSPS) is 16.7. The molecule has 5 rings (SSSR count). The van der Waals surface area contributed by atoms with Crippen LogP contribution < -0.4 is 10.1 Å². The van der Waals surface area contributed by atoms with Crippen LogP contribution in [-0.2, 0) is 12.0 Å². The molecule has 1 amide bonds. The summed E-state index contributed by atoms with van der Waals surface area (Å²) >= 11 is 5.90. The third-order valence-corrected chi connectivity index (χ3v) is 8.02. The number of hydrogen-bond donors (Lipinski definition) is 2. The highest BCUT2D eigenvalue weighted by atomic mass is 35.5. The number of fused-ring (bicyclic) bond motifs is 1. The first-order chi connectivity index (χ1) is 20.8. The number of amides is 1. The van der Waals surface area contributed by atoms with Crippen LogP contribution in [0.4, 0.5) is 23.2 Å². The van der Waals surface area contributed by atoms with Crippen molar-refractivity contribution in [2.45, 2.75) is 45.1 Å². The number of pyridine rings is 1. The van der Waals surface area contributed by atoms with Gasteiger partial charge in [-0.25, -0.2) is 22.5 Å². The Balaban J connectivity index is 1.57. The van der Waals surface area contributed by atoms with Crippen LogP contribution in [-0.4, -0.2) is 35.4 Å². The third-order valence-electron chi connectivity index (χ3n) is 7.73. The maximum atomic E-state index is 15.9. The van der Waals surface area contributed by atoms with E-state index in [0.717, 1.165) is 17.3 Å². The minimum Gasteiger partial charge on any atom is -0.494 e. The topological polar surface area (TPSA) is 83.8 Å². The summed E-state index contributed by atoms with van der Waals surface area (Å²) in [7, 11) is 1.49. The van der Waals surface area contributed by atoms with Crippen LogP contribution in [0.2, 0.25) is 5.02 Å². The summed E-state index contributed by atoms with van der Waals surface area (Å²) in [6.07, 6.45) is 5.12. The molecule has 2 aromatic carbocycles. The van der Waals surface area contributed by atoms with Gasteiger partial charge >= 0.3 is 0 Å². The number of methoxy groups -OCH3 is 1. The summed E-state index contributed by atoms with van der Waals surface area (Å²) in [6, 6.07) is 6.07. The molecular weight excluding hydrogens is 598 g/mol. The number of aliphatic hydroxyl groups is 1. The highest BCUT2D eigenvalue weighted by Crippen LogP contribution is 2.40. The molecule has 0 bridgehead atoms. The number of hydrogen-bond acceptors (Lipinski definition) is 5. The monoisotopic (exact) mass is 627 g/mol. The van der Waals surface area contributed by atoms with E-state index in [1.54, 1.807) is 18.2 Å². The first kappa shape index (κ1) is 31.4. The highest BCUT2D eigenvalue weighted by Gasteiger charge is 2.32. The second-order valence-electron chi connectivity index (χ2n) is 11.5. The molecule has 3 aromatic rings. The van der Waals surface area contributed by atoms with Gasteiger partial charge < -0.3 is 15.2 Å². The van der Waals surface area contributed by atoms with Crippen LogP contribution in [0, 0.1) is 23.4 Å². The van der Waals surface area contributed by atoms with E-state index in [-0.39, 0.29) is 24.2 Å². The van der Waals surface area contributed by atoms with Crippen molar-refractivity contribution in [1.29, 1.82) is 0 Å². The number of halogens is 5. The molecule has 0 saturated heterocycles. The summed E-state index contributed by atoms with van der Waals surface area (Å²) in [5.74, 6) is -4.89. The maximum Gasteiger partial charge on any atom is 0.251 e. The molecule has 11 heteroatoms. The Bertz CT molecular complexity index is 1750. The predicted octanol–water partition coefficient (Wildman–Crippen LogP) is 7.65. The fraction of sp³-hybridized carbons (Fsp3) is 0.303. The predicted molar refractivity (Wildman–Crippen MR) is 161 cm³/mol. The minimum absolute atomic E-state index is 0.0384. The molecule has 0 saturated carbocycles. The Labute approximate surface area is 257 Å². The van der Waals surface area contributed by atoms with Crippen LogP contribution in [0.15, 0.2) is 59.4 Å². The largest absolute Gasteiger partial charge is 0.494 e. The molecule has 44 heavy (non-hydrogen) atoms. The van der Waals surface area contributed by atoms with Crippen LogP contribution in [0.25, 0.3) is 11.3 Å². The van der Waals surface area contributed by atoms with Crippen molar-refractivity contribution in [1.82, 2.24) is 10.3 Å². The fourth-order valence-corrected chi connectivity index (χ4v) is 5.67. The molecule has 2 unspecified atom stereocenters. The molecule has 0 radical (unpaired) electrons. The number of aromatic nitrogens is 1. The molecule has 230 valence electrons. The Hall–Kier alpha value is -4.02. The first-order valence-corrected chi connectivity index (χ1v) is 14.3. The molecule has 1 aromatic heterocycles. The summed E-state index contributed by atoms with van der Waals surface area (Å²) in [5, 5.41) is 13.3. The second-order valence-corrected chi connectivity index (χ2v) is 11.9. The van der Waals surface area contributed by atoms with E-state index in [9.17, 15) is 23.1 Å². The lowest BCUT2D eigenvalue weighted by atomic mass is 9.82. The standard InChI is InChI=1S/C33H30ClF4N3O3/c1-16-8-18-9-19(11-28(44-4)30(18)40-16)32(42)39-15-22(17-6-5-7-20(35)10-17)27-13-23(33(2,3)43)29(38)31(41-27)21-12-24(34)26(37)14-25(21)36/h5-7,9,11-14,17,22,43H,8,10,15H2,1-4H3,(H,39,42). The Morgan fingerprint density at radius 1 is 1.16 bits per heavy atom. The minimum atomic E-state index is -1.75. The number of ether oxygens (including phenoxy) is 1. The lowest BCUT2D eigenvalue weighted by Crippen LogP contribution is -2.32. The van der Waals surface area contributed by atoms with Crippen LogP contribution in [0.1, 0.15) is 60.3 Å². The molecular formula is C33H30ClF4N3O3. The molecule has 0 spiro atoms. The van der Waals surface area contributed by atoms with E-state index in [2.05, 4.69) is 15.3 Å². The average Bonchev–Trinajstić information content (AvgIpc) is 3.34. The van der Waals surface area contributed by atoms with Gasteiger partial charge in [0.15, 0.2) is 5.82 Å². The number of aliphatic imine (C=N–C) groups is 1. The first-order valence-electron chi connectivity index (χ1n) is 13.9. The van der Waals surface area contributed by atoms with Crippen molar-refractivity contribution < 1.29 is 32.2 Å². The molecule has 2 heterocycles. The number of carbonyl (C=O) groups excluding carboxylic acids is 1. The van der Waals surface area contributed by atoms with Gasteiger partial charge in [-0.05, 0) is 62.6 Å². The quantitative estimate of drug-likeness (QED) is 0.199. The zero-order valence-corrected chi connectivity index (χ0v) is 25.2. The molecule has 1 aliphatic carbocycles. The number of nitrogens with one attached hydrogen (secondary N) is 1. The van der Waals surface area contributed by atoms with E-state index >= 15 is 4.39 Å². The van der Waals surface area contributed by atoms with Gasteiger partial charge in [0, 0.05) is 59.5 Å². The summed E-state index contributed by atoms with van der Waals surface area (Å²) in [4.78, 5) is 22.3. The number of rotatable bonds is 8. The van der Waals surface area contributed by atoms with Crippen LogP contribution in [0.3, 0.4) is 0 Å². The van der Waals surface area contributed by atoms with Gasteiger partial charge in [0.2, 0.25) is 0 Å². The van der Waals surface area contributed by atoms with Gasteiger partial charge in [-0.2, -0.15) is 0 Å². The van der Waals surface area contributed by atoms with E-state index < -0.39 is 62.9 Å². The van der Waals surface area contributed by atoms with E-state index in [1.165, 1.54) is 39.2 Å². The Morgan fingerprint density at radius 2 is 1.91 bits per heavy atom. The van der Waals surface area contributed by atoms with E-state index in [1.807, 2.05) is 6.92 Å². The van der Waals surface area contributed by atoms with Crippen molar-refractivity contribution in [2.75, 3.05) is 13.7 Å². The maximum absolute atomic E-state index is 15.9. The SMILES string of the molecule is COc1cc(C(=O)NCC(c2cc(C(C)(C)O)c(F)c(-c3cc(Cl)c(F)cc3F)n2)C2C=CC=C(F)C2)cc2c1N=C(C)C2. The fourth-order valence-electron chi connectivity index (χ4n) is 5.51. The van der Waals surface area contributed by atoms with Crippen molar-refractivity contribution in [3.05, 3.63) is 99.2 Å². The smallest absolute Gasteiger partial charge is 0.251 e. The summed E-state index contributed by atoms with van der Waals surface area (Å²) < 4.78 is 64.8. The van der Waals surface area contributed by atoms with Gasteiger partial charge in [0.05, 0.1) is 17.7 Å². The number of carbonyl (C=O) groups is 1. The molecule has 2 atom stereocenters. The van der Waals surface area contributed by atoms with Gasteiger partial charge in [0.1, 0.15) is 34.6 Å². The summed E-state index contributed by atoms with van der Waals surface area (Å²) in [5.41, 5.74) is -0.0322. The lowest BCUT2D eigenvalue weighted by molar-refractivity contribution is 0.0742. The summed E-state index contributed by atoms with van der Waals surface area (Å²) in [6.45, 7) is 4.50. The molecule has 0 fully saturated rings. The van der Waals surface area contributed by atoms with E-state index in [4.69, 9.17) is 16.3 Å². The van der Waals surface area contributed by atoms with Crippen molar-refractivity contribution in [3.8, 4) is 17.0 Å². The zero-order valence-electron chi connectivity index (χ0n) is 24.4. The Kier molecular flexibility index (Phi) is 8.68. The van der Waals surface area contributed by atoms with Gasteiger partial charge in [-0.3, -0.25) is 9.79 Å². The van der Waals surface area contributed by atoms with Crippen molar-refractivity contribution in [3.63, 3.8) is 0 Å². The van der Waals surface area contributed by atoms with E-state index in [0.29, 0.717) is 29.5 Å². The van der Waals surface area contributed by atoms with Crippen molar-refractivity contribution >= 4 is 28.9 Å². The Morgan fingerprint density at radius 3 is 2.59 bits per heavy atom. The van der Waals surface area contributed by atoms with Gasteiger partial charge in [-0.15, -0.1) is 0 Å². The molecule has 2 aliphatic rings. The number of nitrogens with zero attached hydrogens (tertiary/aromatic N) is 2. The third kappa shape index (κ3) is 6.27. The zero-order chi connectivity index (χ0) is 31.9. The van der Waals surface area contributed by atoms with Crippen LogP contribution >= 0.6 is 11.6 Å². The number of allylic oxidation sites excluding steroid dienone is 4. The van der Waals surface area contributed by atoms with Crippen molar-refractivity contribution in [2.24, 2.45) is 10.9 Å². The van der Waals surface area contributed by atoms with Gasteiger partial charge in [-0.1, -0.05) is 23.8 Å². The lowest BCUT2D eigenvalue weighted by Gasteiger charge is -2.28. The average molecular weight is 628 g/mol. The number of benzene rings is 2. The second kappa shape index (κ2) is 12.2. The molecule has 1 aliphatic heterocycles. The molecule has 6 nitrogen and oxygen atoms in total.